The summed E-state index contributed by atoms with van der Waals surface area (Å²) in [6.07, 6.45) is 0. The van der Waals surface area contributed by atoms with E-state index in [4.69, 9.17) is 10.2 Å². The average molecular weight is 226 g/mol. The number of rotatable bonds is 2. The highest BCUT2D eigenvalue weighted by molar-refractivity contribution is 5.96. The quantitative estimate of drug-likeness (QED) is 0.704. The van der Waals surface area contributed by atoms with E-state index in [1.54, 1.807) is 6.07 Å². The van der Waals surface area contributed by atoms with Crippen molar-refractivity contribution >= 4 is 17.0 Å². The third-order valence-corrected chi connectivity index (χ3v) is 2.63. The summed E-state index contributed by atoms with van der Waals surface area (Å²) < 4.78 is 5.65. The van der Waals surface area contributed by atoms with Crippen LogP contribution in [0.5, 0.6) is 0 Å². The molecule has 0 radical (unpaired) electrons. The minimum atomic E-state index is -0.488. The number of carbonyl (C=O) groups excluding carboxylic acids is 1. The second-order valence-electron chi connectivity index (χ2n) is 3.80. The molecule has 0 aliphatic carbocycles. The number of carbonyl (C=O) groups is 1. The normalized spacial score (nSPS) is 10.8. The lowest BCUT2D eigenvalue weighted by Gasteiger charge is -1.94. The Bertz CT molecular complexity index is 648. The lowest BCUT2D eigenvalue weighted by molar-refractivity contribution is 0.0996. The van der Waals surface area contributed by atoms with Gasteiger partial charge in [0.1, 0.15) is 11.5 Å². The van der Waals surface area contributed by atoms with Gasteiger partial charge in [0.05, 0.1) is 5.52 Å². The number of furan rings is 1. The van der Waals surface area contributed by atoms with Crippen molar-refractivity contribution in [2.24, 2.45) is 5.73 Å². The van der Waals surface area contributed by atoms with Gasteiger partial charge in [-0.05, 0) is 0 Å². The van der Waals surface area contributed by atoms with Gasteiger partial charge in [0.25, 0.3) is 5.91 Å². The topological polar surface area (TPSA) is 72.0 Å². The number of benzene rings is 1. The van der Waals surface area contributed by atoms with Crippen LogP contribution in [0.1, 0.15) is 10.5 Å². The molecule has 0 aliphatic rings. The van der Waals surface area contributed by atoms with Gasteiger partial charge >= 0.3 is 0 Å². The number of hydrogen-bond acceptors (Lipinski definition) is 2. The minimum Gasteiger partial charge on any atom is -0.454 e. The van der Waals surface area contributed by atoms with E-state index in [0.29, 0.717) is 11.3 Å². The molecule has 0 fully saturated rings. The number of hydrogen-bond donors (Lipinski definition) is 2. The first kappa shape index (κ1) is 9.72. The van der Waals surface area contributed by atoms with Crippen LogP contribution >= 0.6 is 0 Å². The van der Waals surface area contributed by atoms with Gasteiger partial charge in [-0.3, -0.25) is 4.79 Å². The summed E-state index contributed by atoms with van der Waals surface area (Å²) in [5.41, 5.74) is 7.94. The molecule has 1 amide bonds. The predicted octanol–water partition coefficient (Wildman–Crippen LogP) is 2.53. The van der Waals surface area contributed by atoms with Crippen LogP contribution in [-0.2, 0) is 0 Å². The Hall–Kier alpha value is -2.49. The van der Waals surface area contributed by atoms with E-state index in [9.17, 15) is 4.79 Å². The zero-order valence-electron chi connectivity index (χ0n) is 8.94. The molecule has 4 heteroatoms. The molecule has 0 unspecified atom stereocenters. The molecule has 17 heavy (non-hydrogen) atoms. The fraction of sp³-hybridized carbons (Fsp3) is 0. The molecule has 0 spiro atoms. The molecule has 3 aromatic rings. The van der Waals surface area contributed by atoms with Crippen LogP contribution < -0.4 is 5.73 Å². The number of nitrogens with two attached hydrogens (primary N) is 1. The first-order valence-electron chi connectivity index (χ1n) is 5.22. The summed E-state index contributed by atoms with van der Waals surface area (Å²) in [5, 5.41) is 0. The molecule has 0 aliphatic heterocycles. The summed E-state index contributed by atoms with van der Waals surface area (Å²) >= 11 is 0. The third kappa shape index (κ3) is 1.59. The fourth-order valence-corrected chi connectivity index (χ4v) is 1.80. The molecule has 84 valence electrons. The van der Waals surface area contributed by atoms with Crippen LogP contribution in [0.3, 0.4) is 0 Å². The number of H-pyrrole nitrogens is 1. The van der Waals surface area contributed by atoms with Crippen molar-refractivity contribution in [1.82, 2.24) is 4.98 Å². The molecule has 0 saturated heterocycles. The summed E-state index contributed by atoms with van der Waals surface area (Å²) in [5.74, 6) is 0.278. The second kappa shape index (κ2) is 3.52. The Morgan fingerprint density at radius 3 is 2.59 bits per heavy atom. The molecular formula is C13H10N2O2. The Morgan fingerprint density at radius 2 is 1.94 bits per heavy atom. The number of amides is 1. The molecule has 3 rings (SSSR count). The standard InChI is InChI=1S/C13H10N2O2/c14-13(16)10-7-12-9(15-10)6-11(17-12)8-4-2-1-3-5-8/h1-7,15H,(H2,14,16). The van der Waals surface area contributed by atoms with Crippen LogP contribution in [0.25, 0.3) is 22.4 Å². The van der Waals surface area contributed by atoms with Crippen LogP contribution in [-0.4, -0.2) is 10.9 Å². The summed E-state index contributed by atoms with van der Waals surface area (Å²) in [4.78, 5) is 13.9. The molecule has 0 bridgehead atoms. The van der Waals surface area contributed by atoms with Gasteiger partial charge in [0.15, 0.2) is 5.58 Å². The molecule has 2 heterocycles. The number of aromatic amines is 1. The van der Waals surface area contributed by atoms with Crippen molar-refractivity contribution in [3.05, 3.63) is 48.2 Å². The lowest BCUT2D eigenvalue weighted by atomic mass is 10.2. The van der Waals surface area contributed by atoms with Crippen molar-refractivity contribution in [3.8, 4) is 11.3 Å². The number of aromatic nitrogens is 1. The Morgan fingerprint density at radius 1 is 1.18 bits per heavy atom. The lowest BCUT2D eigenvalue weighted by Crippen LogP contribution is -2.10. The van der Waals surface area contributed by atoms with Crippen LogP contribution in [0.2, 0.25) is 0 Å². The molecule has 3 N–H and O–H groups in total. The van der Waals surface area contributed by atoms with Crippen LogP contribution in [0.4, 0.5) is 0 Å². The molecule has 0 saturated carbocycles. The first-order valence-corrected chi connectivity index (χ1v) is 5.22. The van der Waals surface area contributed by atoms with Crippen molar-refractivity contribution in [3.63, 3.8) is 0 Å². The van der Waals surface area contributed by atoms with Crippen molar-refractivity contribution in [1.29, 1.82) is 0 Å². The summed E-state index contributed by atoms with van der Waals surface area (Å²) in [6, 6.07) is 13.2. The number of primary amides is 1. The molecular weight excluding hydrogens is 216 g/mol. The predicted molar refractivity (Wildman–Crippen MR) is 64.5 cm³/mol. The molecule has 1 aromatic carbocycles. The highest BCUT2D eigenvalue weighted by atomic mass is 16.3. The Balaban J connectivity index is 2.10. The first-order chi connectivity index (χ1) is 8.24. The third-order valence-electron chi connectivity index (χ3n) is 2.63. The largest absolute Gasteiger partial charge is 0.454 e. The highest BCUT2D eigenvalue weighted by Gasteiger charge is 2.11. The zero-order chi connectivity index (χ0) is 11.8. The number of fused-ring (bicyclic) bond motifs is 1. The maximum absolute atomic E-state index is 11.0. The highest BCUT2D eigenvalue weighted by Crippen LogP contribution is 2.27. The monoisotopic (exact) mass is 226 g/mol. The van der Waals surface area contributed by atoms with E-state index in [2.05, 4.69) is 4.98 Å². The van der Waals surface area contributed by atoms with Gasteiger partial charge in [0.2, 0.25) is 0 Å². The van der Waals surface area contributed by atoms with Gasteiger partial charge in [-0.1, -0.05) is 30.3 Å². The van der Waals surface area contributed by atoms with Gasteiger partial charge < -0.3 is 15.1 Å². The zero-order valence-corrected chi connectivity index (χ0v) is 8.94. The number of nitrogens with one attached hydrogen (secondary N) is 1. The van der Waals surface area contributed by atoms with E-state index < -0.39 is 5.91 Å². The average Bonchev–Trinajstić information content (AvgIpc) is 2.87. The fourth-order valence-electron chi connectivity index (χ4n) is 1.80. The van der Waals surface area contributed by atoms with Crippen LogP contribution in [0.15, 0.2) is 46.9 Å². The van der Waals surface area contributed by atoms with Crippen LogP contribution in [0, 0.1) is 0 Å². The summed E-state index contributed by atoms with van der Waals surface area (Å²) in [7, 11) is 0. The Kier molecular flexibility index (Phi) is 2.01. The SMILES string of the molecule is NC(=O)c1cc2oc(-c3ccccc3)cc2[nH]1. The molecule has 4 nitrogen and oxygen atoms in total. The molecule has 2 aromatic heterocycles. The van der Waals surface area contributed by atoms with Gasteiger partial charge in [-0.25, -0.2) is 0 Å². The van der Waals surface area contributed by atoms with E-state index in [0.717, 1.165) is 16.8 Å². The van der Waals surface area contributed by atoms with E-state index in [-0.39, 0.29) is 0 Å². The van der Waals surface area contributed by atoms with E-state index in [1.165, 1.54) is 0 Å². The maximum atomic E-state index is 11.0. The van der Waals surface area contributed by atoms with Crippen molar-refractivity contribution in [2.45, 2.75) is 0 Å². The van der Waals surface area contributed by atoms with Gasteiger partial charge in [-0.15, -0.1) is 0 Å². The van der Waals surface area contributed by atoms with Gasteiger partial charge in [0, 0.05) is 17.7 Å². The maximum Gasteiger partial charge on any atom is 0.265 e. The minimum absolute atomic E-state index is 0.360. The van der Waals surface area contributed by atoms with Crippen molar-refractivity contribution < 1.29 is 9.21 Å². The van der Waals surface area contributed by atoms with Crippen molar-refractivity contribution in [2.75, 3.05) is 0 Å². The Labute approximate surface area is 97.0 Å². The summed E-state index contributed by atoms with van der Waals surface area (Å²) in [6.45, 7) is 0. The second-order valence-corrected chi connectivity index (χ2v) is 3.80. The van der Waals surface area contributed by atoms with Gasteiger partial charge in [-0.2, -0.15) is 0 Å². The van der Waals surface area contributed by atoms with E-state index in [1.807, 2.05) is 36.4 Å². The van der Waals surface area contributed by atoms with E-state index >= 15 is 0 Å². The smallest absolute Gasteiger partial charge is 0.265 e. The molecule has 0 atom stereocenters.